The lowest BCUT2D eigenvalue weighted by atomic mass is 10.1. The third-order valence-electron chi connectivity index (χ3n) is 4.99. The molecular formula is C24H23N3O4. The second-order valence-corrected chi connectivity index (χ2v) is 7.23. The number of amides is 2. The smallest absolute Gasteiger partial charge is 0.255 e. The molecule has 1 aliphatic rings. The summed E-state index contributed by atoms with van der Waals surface area (Å²) >= 11 is 0. The Labute approximate surface area is 180 Å². The van der Waals surface area contributed by atoms with E-state index in [4.69, 9.17) is 4.74 Å². The SMILES string of the molecule is O=C(Nc1ccc(Nc2ccccc2)cc1)c1ccc(C(=O)NC2CCOC2O)cc1. The lowest BCUT2D eigenvalue weighted by Crippen LogP contribution is -2.40. The molecule has 0 aliphatic carbocycles. The molecule has 2 amide bonds. The lowest BCUT2D eigenvalue weighted by molar-refractivity contribution is -0.0704. The maximum absolute atomic E-state index is 12.5. The van der Waals surface area contributed by atoms with Gasteiger partial charge in [0.15, 0.2) is 6.29 Å². The Bertz CT molecular complexity index is 1040. The maximum atomic E-state index is 12.5. The molecule has 1 heterocycles. The largest absolute Gasteiger partial charge is 0.366 e. The number of carbonyl (C=O) groups is 2. The molecule has 31 heavy (non-hydrogen) atoms. The van der Waals surface area contributed by atoms with Crippen molar-refractivity contribution in [1.29, 1.82) is 0 Å². The standard InChI is InChI=1S/C24H23N3O4/c28-22(26-20-12-10-19(11-13-20)25-18-4-2-1-3-5-18)16-6-8-17(9-7-16)23(29)27-21-14-15-31-24(21)30/h1-13,21,24-25,30H,14-15H2,(H,26,28)(H,27,29). The van der Waals surface area contributed by atoms with E-state index in [-0.39, 0.29) is 11.8 Å². The summed E-state index contributed by atoms with van der Waals surface area (Å²) in [6, 6.07) is 23.2. The van der Waals surface area contributed by atoms with Crippen LogP contribution in [0.5, 0.6) is 0 Å². The van der Waals surface area contributed by atoms with E-state index in [0.29, 0.717) is 29.8 Å². The van der Waals surface area contributed by atoms with Crippen molar-refractivity contribution in [3.63, 3.8) is 0 Å². The number of para-hydroxylation sites is 1. The molecule has 0 saturated carbocycles. The van der Waals surface area contributed by atoms with E-state index in [9.17, 15) is 14.7 Å². The van der Waals surface area contributed by atoms with Gasteiger partial charge in [-0.25, -0.2) is 0 Å². The number of benzene rings is 3. The molecule has 4 rings (SSSR count). The third kappa shape index (κ3) is 5.28. The zero-order valence-electron chi connectivity index (χ0n) is 16.7. The van der Waals surface area contributed by atoms with Crippen LogP contribution >= 0.6 is 0 Å². The number of aliphatic hydroxyl groups excluding tert-OH is 1. The molecule has 1 fully saturated rings. The summed E-state index contributed by atoms with van der Waals surface area (Å²) in [6.07, 6.45) is -0.421. The number of ether oxygens (including phenoxy) is 1. The number of anilines is 3. The normalized spacial score (nSPS) is 17.7. The number of rotatable bonds is 6. The van der Waals surface area contributed by atoms with Crippen molar-refractivity contribution in [2.75, 3.05) is 17.2 Å². The molecule has 0 radical (unpaired) electrons. The van der Waals surface area contributed by atoms with Crippen molar-refractivity contribution in [2.24, 2.45) is 0 Å². The quantitative estimate of drug-likeness (QED) is 0.492. The Morgan fingerprint density at radius 3 is 1.97 bits per heavy atom. The summed E-state index contributed by atoms with van der Waals surface area (Å²) in [5.41, 5.74) is 3.41. The Morgan fingerprint density at radius 1 is 0.774 bits per heavy atom. The number of nitrogens with one attached hydrogen (secondary N) is 3. The van der Waals surface area contributed by atoms with Gasteiger partial charge < -0.3 is 25.8 Å². The zero-order chi connectivity index (χ0) is 21.6. The van der Waals surface area contributed by atoms with Crippen LogP contribution in [-0.2, 0) is 4.74 Å². The maximum Gasteiger partial charge on any atom is 0.255 e. The molecule has 1 saturated heterocycles. The number of carbonyl (C=O) groups excluding carboxylic acids is 2. The van der Waals surface area contributed by atoms with E-state index >= 15 is 0 Å². The van der Waals surface area contributed by atoms with E-state index in [1.807, 2.05) is 54.6 Å². The van der Waals surface area contributed by atoms with Gasteiger partial charge in [-0.3, -0.25) is 9.59 Å². The second kappa shape index (κ2) is 9.42. The van der Waals surface area contributed by atoms with Gasteiger partial charge in [-0.15, -0.1) is 0 Å². The molecule has 0 aromatic heterocycles. The third-order valence-corrected chi connectivity index (χ3v) is 4.99. The van der Waals surface area contributed by atoms with Crippen LogP contribution in [0.4, 0.5) is 17.1 Å². The van der Waals surface area contributed by atoms with Gasteiger partial charge in [0.1, 0.15) is 0 Å². The first-order chi connectivity index (χ1) is 15.1. The fourth-order valence-corrected chi connectivity index (χ4v) is 3.27. The van der Waals surface area contributed by atoms with Crippen LogP contribution < -0.4 is 16.0 Å². The molecule has 3 aromatic carbocycles. The molecular weight excluding hydrogens is 394 g/mol. The van der Waals surface area contributed by atoms with Crippen molar-refractivity contribution in [3.05, 3.63) is 90.0 Å². The van der Waals surface area contributed by atoms with Crippen LogP contribution in [0.15, 0.2) is 78.9 Å². The predicted octanol–water partition coefficient (Wildman–Crippen LogP) is 3.52. The highest BCUT2D eigenvalue weighted by Gasteiger charge is 2.27. The molecule has 3 aromatic rings. The van der Waals surface area contributed by atoms with Gasteiger partial charge in [0.25, 0.3) is 11.8 Å². The molecule has 158 valence electrons. The minimum atomic E-state index is -0.983. The summed E-state index contributed by atoms with van der Waals surface area (Å²) in [5, 5.41) is 18.5. The molecule has 1 aliphatic heterocycles. The lowest BCUT2D eigenvalue weighted by Gasteiger charge is -2.15. The molecule has 7 nitrogen and oxygen atoms in total. The van der Waals surface area contributed by atoms with Crippen LogP contribution in [0.2, 0.25) is 0 Å². The van der Waals surface area contributed by atoms with Crippen LogP contribution in [0.3, 0.4) is 0 Å². The van der Waals surface area contributed by atoms with E-state index < -0.39 is 12.3 Å². The fourth-order valence-electron chi connectivity index (χ4n) is 3.27. The molecule has 7 heteroatoms. The first kappa shape index (κ1) is 20.6. The molecule has 2 unspecified atom stereocenters. The van der Waals surface area contributed by atoms with Gasteiger partial charge in [-0.2, -0.15) is 0 Å². The number of aliphatic hydroxyl groups is 1. The van der Waals surface area contributed by atoms with Gasteiger partial charge in [0.2, 0.25) is 0 Å². The Balaban J connectivity index is 1.33. The highest BCUT2D eigenvalue weighted by atomic mass is 16.6. The summed E-state index contributed by atoms with van der Waals surface area (Å²) in [5.74, 6) is -0.585. The molecule has 4 N–H and O–H groups in total. The van der Waals surface area contributed by atoms with Crippen LogP contribution in [0, 0.1) is 0 Å². The van der Waals surface area contributed by atoms with Crippen LogP contribution in [0.1, 0.15) is 27.1 Å². The highest BCUT2D eigenvalue weighted by molar-refractivity contribution is 6.05. The van der Waals surface area contributed by atoms with Gasteiger partial charge in [-0.1, -0.05) is 18.2 Å². The fraction of sp³-hybridized carbons (Fsp3) is 0.167. The van der Waals surface area contributed by atoms with Crippen LogP contribution in [0.25, 0.3) is 0 Å². The minimum Gasteiger partial charge on any atom is -0.366 e. The van der Waals surface area contributed by atoms with Crippen molar-refractivity contribution >= 4 is 28.9 Å². The van der Waals surface area contributed by atoms with Crippen molar-refractivity contribution in [3.8, 4) is 0 Å². The minimum absolute atomic E-state index is 0.268. The van der Waals surface area contributed by atoms with Gasteiger partial charge in [0, 0.05) is 28.2 Å². The Kier molecular flexibility index (Phi) is 6.26. The summed E-state index contributed by atoms with van der Waals surface area (Å²) in [4.78, 5) is 24.8. The average Bonchev–Trinajstić information content (AvgIpc) is 3.20. The van der Waals surface area contributed by atoms with Crippen LogP contribution in [-0.4, -0.2) is 35.9 Å². The van der Waals surface area contributed by atoms with Crippen molar-refractivity contribution < 1.29 is 19.4 Å². The average molecular weight is 417 g/mol. The predicted molar refractivity (Wildman–Crippen MR) is 118 cm³/mol. The summed E-state index contributed by atoms with van der Waals surface area (Å²) < 4.78 is 5.03. The Hall–Kier alpha value is -3.68. The van der Waals surface area contributed by atoms with Gasteiger partial charge in [0.05, 0.1) is 12.6 Å². The highest BCUT2D eigenvalue weighted by Crippen LogP contribution is 2.19. The second-order valence-electron chi connectivity index (χ2n) is 7.23. The zero-order valence-corrected chi connectivity index (χ0v) is 16.7. The first-order valence-electron chi connectivity index (χ1n) is 10.0. The Morgan fingerprint density at radius 2 is 1.35 bits per heavy atom. The van der Waals surface area contributed by atoms with Gasteiger partial charge in [-0.05, 0) is 67.1 Å². The van der Waals surface area contributed by atoms with Gasteiger partial charge >= 0.3 is 0 Å². The van der Waals surface area contributed by atoms with E-state index in [1.165, 1.54) is 0 Å². The molecule has 0 bridgehead atoms. The van der Waals surface area contributed by atoms with E-state index in [2.05, 4.69) is 16.0 Å². The molecule has 0 spiro atoms. The molecule has 2 atom stereocenters. The van der Waals surface area contributed by atoms with Crippen molar-refractivity contribution in [2.45, 2.75) is 18.8 Å². The number of hydrogen-bond donors (Lipinski definition) is 4. The van der Waals surface area contributed by atoms with Crippen molar-refractivity contribution in [1.82, 2.24) is 5.32 Å². The van der Waals surface area contributed by atoms with E-state index in [0.717, 1.165) is 11.4 Å². The summed E-state index contributed by atoms with van der Waals surface area (Å²) in [7, 11) is 0. The monoisotopic (exact) mass is 417 g/mol. The van der Waals surface area contributed by atoms with E-state index in [1.54, 1.807) is 24.3 Å². The first-order valence-corrected chi connectivity index (χ1v) is 10.0. The topological polar surface area (TPSA) is 99.7 Å². The summed E-state index contributed by atoms with van der Waals surface area (Å²) in [6.45, 7) is 0.411. The number of hydrogen-bond acceptors (Lipinski definition) is 5.